The Labute approximate surface area is 594 Å². The van der Waals surface area contributed by atoms with Gasteiger partial charge in [-0.3, -0.25) is 37.3 Å². The summed E-state index contributed by atoms with van der Waals surface area (Å²) in [6.07, 6.45) is 58.8. The highest BCUT2D eigenvalue weighted by molar-refractivity contribution is 7.47. The fourth-order valence-corrected chi connectivity index (χ4v) is 13.6. The Bertz CT molecular complexity index is 1870. The summed E-state index contributed by atoms with van der Waals surface area (Å²) in [5.41, 5.74) is 0. The van der Waals surface area contributed by atoms with Gasteiger partial charge in [0.15, 0.2) is 12.2 Å². The normalized spacial score (nSPS) is 14.0. The number of ether oxygens (including phenoxy) is 4. The van der Waals surface area contributed by atoms with Crippen molar-refractivity contribution < 1.29 is 80.2 Å². The molecule has 0 saturated carbocycles. The van der Waals surface area contributed by atoms with E-state index in [-0.39, 0.29) is 25.7 Å². The number of hydrogen-bond donors (Lipinski definition) is 3. The molecule has 0 saturated heterocycles. The van der Waals surface area contributed by atoms with E-state index in [9.17, 15) is 43.2 Å². The molecule has 0 aliphatic rings. The number of phosphoric ester groups is 2. The molecule has 0 rings (SSSR count). The summed E-state index contributed by atoms with van der Waals surface area (Å²) < 4.78 is 68.3. The average molecular weight is 1420 g/mol. The van der Waals surface area contributed by atoms with E-state index in [4.69, 9.17) is 37.0 Å². The Morgan fingerprint density at radius 3 is 0.701 bits per heavy atom. The maximum Gasteiger partial charge on any atom is 0.472 e. The van der Waals surface area contributed by atoms with Crippen LogP contribution in [0.3, 0.4) is 0 Å². The molecule has 0 radical (unpaired) electrons. The Kier molecular flexibility index (Phi) is 68.4. The number of carbonyl (C=O) groups excluding carboxylic acids is 4. The van der Waals surface area contributed by atoms with Crippen molar-refractivity contribution in [2.24, 2.45) is 11.8 Å². The summed E-state index contributed by atoms with van der Waals surface area (Å²) in [5, 5.41) is 10.6. The van der Waals surface area contributed by atoms with Crippen molar-refractivity contribution >= 4 is 39.5 Å². The van der Waals surface area contributed by atoms with Crippen molar-refractivity contribution in [1.29, 1.82) is 0 Å². The van der Waals surface area contributed by atoms with Crippen LogP contribution in [-0.2, 0) is 65.4 Å². The Balaban J connectivity index is 5.12. The van der Waals surface area contributed by atoms with Crippen LogP contribution >= 0.6 is 15.6 Å². The van der Waals surface area contributed by atoms with Gasteiger partial charge in [-0.25, -0.2) is 9.13 Å². The molecule has 0 aliphatic carbocycles. The lowest BCUT2D eigenvalue weighted by Crippen LogP contribution is -2.30. The van der Waals surface area contributed by atoms with Crippen molar-refractivity contribution in [2.45, 2.75) is 426 Å². The summed E-state index contributed by atoms with van der Waals surface area (Å²) in [6, 6.07) is 0. The molecule has 3 N–H and O–H groups in total. The molecule has 5 atom stereocenters. The minimum absolute atomic E-state index is 0.107. The van der Waals surface area contributed by atoms with Crippen LogP contribution in [0.2, 0.25) is 0 Å². The van der Waals surface area contributed by atoms with Gasteiger partial charge in [0.2, 0.25) is 0 Å². The SMILES string of the molecule is CCCCCCCCCCCCCCC(=O)O[C@H](COC(=O)CCCCCCC)COP(=O)(O)OC[C@H](O)COP(=O)(O)OC[C@@H](COC(=O)CCCCCCCCCCCCCCCCCCC(C)C)OC(=O)CCCCCCCCCCCCCCCCCCCCC(C)C. The first-order valence-electron chi connectivity index (χ1n) is 40.5. The van der Waals surface area contributed by atoms with E-state index >= 15 is 0 Å². The fraction of sp³-hybridized carbons (Fsp3) is 0.949. The van der Waals surface area contributed by atoms with Crippen LogP contribution in [0, 0.1) is 11.8 Å². The monoisotopic (exact) mass is 1420 g/mol. The van der Waals surface area contributed by atoms with E-state index < -0.39 is 97.5 Å². The molecule has 0 aromatic rings. The first-order valence-corrected chi connectivity index (χ1v) is 43.5. The van der Waals surface area contributed by atoms with E-state index in [1.54, 1.807) is 0 Å². The Hall–Kier alpha value is -1.94. The molecule has 0 aliphatic heterocycles. The van der Waals surface area contributed by atoms with Crippen LogP contribution in [0.5, 0.6) is 0 Å². The lowest BCUT2D eigenvalue weighted by molar-refractivity contribution is -0.161. The molecule has 0 spiro atoms. The molecular formula is C78H152O17P2. The van der Waals surface area contributed by atoms with E-state index in [0.717, 1.165) is 108 Å². The molecule has 2 unspecified atom stereocenters. The molecule has 97 heavy (non-hydrogen) atoms. The molecule has 19 heteroatoms. The third-order valence-corrected chi connectivity index (χ3v) is 20.1. The maximum absolute atomic E-state index is 13.1. The van der Waals surface area contributed by atoms with Crippen molar-refractivity contribution in [3.63, 3.8) is 0 Å². The summed E-state index contributed by atoms with van der Waals surface area (Å²) in [5.74, 6) is -0.491. The highest BCUT2D eigenvalue weighted by Gasteiger charge is 2.30. The number of unbranched alkanes of at least 4 members (excludes halogenated alkanes) is 47. The van der Waals surface area contributed by atoms with Crippen LogP contribution in [0.1, 0.15) is 408 Å². The van der Waals surface area contributed by atoms with Gasteiger partial charge < -0.3 is 33.8 Å². The maximum atomic E-state index is 13.1. The van der Waals surface area contributed by atoms with Crippen LogP contribution in [0.4, 0.5) is 0 Å². The Morgan fingerprint density at radius 2 is 0.474 bits per heavy atom. The second kappa shape index (κ2) is 69.8. The van der Waals surface area contributed by atoms with Crippen molar-refractivity contribution in [3.05, 3.63) is 0 Å². The first-order chi connectivity index (χ1) is 46.9. The second-order valence-electron chi connectivity index (χ2n) is 29.1. The molecule has 0 aromatic heterocycles. The third kappa shape index (κ3) is 72.2. The van der Waals surface area contributed by atoms with Gasteiger partial charge in [0.1, 0.15) is 19.3 Å². The molecule has 0 bridgehead atoms. The molecule has 0 fully saturated rings. The zero-order valence-corrected chi connectivity index (χ0v) is 65.2. The first kappa shape index (κ1) is 95.1. The lowest BCUT2D eigenvalue weighted by Gasteiger charge is -2.21. The van der Waals surface area contributed by atoms with Gasteiger partial charge in [-0.2, -0.15) is 0 Å². The standard InChI is InChI=1S/C78H152O17P2/c1-7-9-11-13-14-15-16-33-39-44-50-56-62-77(82)94-73(66-88-75(80)60-54-46-12-10-8-2)68-92-96(84,85)90-64-72(79)65-91-97(86,87)93-69-74(67-89-76(81)61-55-49-43-38-34-29-25-22-21-24-28-32-37-42-48-53-59-71(5)6)95-78(83)63-57-51-45-40-35-30-26-20-18-17-19-23-27-31-36-41-47-52-58-70(3)4/h70-74,79H,7-69H2,1-6H3,(H,84,85)(H,86,87)/t72-,73+,74+/m0/s1. The van der Waals surface area contributed by atoms with E-state index in [1.165, 1.54) is 218 Å². The van der Waals surface area contributed by atoms with Gasteiger partial charge in [-0.05, 0) is 37.5 Å². The largest absolute Gasteiger partial charge is 0.472 e. The second-order valence-corrected chi connectivity index (χ2v) is 32.0. The van der Waals surface area contributed by atoms with E-state index in [1.807, 2.05) is 0 Å². The third-order valence-electron chi connectivity index (χ3n) is 18.2. The van der Waals surface area contributed by atoms with E-state index in [0.29, 0.717) is 25.7 Å². The summed E-state index contributed by atoms with van der Waals surface area (Å²) in [7, 11) is -9.90. The van der Waals surface area contributed by atoms with Crippen LogP contribution in [-0.4, -0.2) is 96.7 Å². The minimum atomic E-state index is -4.96. The highest BCUT2D eigenvalue weighted by atomic mass is 31.2. The van der Waals surface area contributed by atoms with E-state index in [2.05, 4.69) is 41.5 Å². The molecular weight excluding hydrogens is 1270 g/mol. The summed E-state index contributed by atoms with van der Waals surface area (Å²) >= 11 is 0. The van der Waals surface area contributed by atoms with Crippen molar-refractivity contribution in [2.75, 3.05) is 39.6 Å². The predicted molar refractivity (Wildman–Crippen MR) is 395 cm³/mol. The topological polar surface area (TPSA) is 237 Å². The Morgan fingerprint density at radius 1 is 0.278 bits per heavy atom. The van der Waals surface area contributed by atoms with Gasteiger partial charge in [0, 0.05) is 25.7 Å². The molecule has 17 nitrogen and oxygen atoms in total. The predicted octanol–water partition coefficient (Wildman–Crippen LogP) is 23.1. The number of hydrogen-bond acceptors (Lipinski definition) is 15. The lowest BCUT2D eigenvalue weighted by atomic mass is 10.0. The molecule has 576 valence electrons. The molecule has 0 heterocycles. The van der Waals surface area contributed by atoms with Gasteiger partial charge in [-0.1, -0.05) is 356 Å². The number of aliphatic hydroxyl groups excluding tert-OH is 1. The van der Waals surface area contributed by atoms with Gasteiger partial charge in [-0.15, -0.1) is 0 Å². The van der Waals surface area contributed by atoms with Crippen LogP contribution in [0.25, 0.3) is 0 Å². The number of rotatable bonds is 77. The molecule has 0 amide bonds. The quantitative estimate of drug-likeness (QED) is 0.0222. The zero-order chi connectivity index (χ0) is 71.4. The van der Waals surface area contributed by atoms with Crippen LogP contribution < -0.4 is 0 Å². The smallest absolute Gasteiger partial charge is 0.462 e. The highest BCUT2D eigenvalue weighted by Crippen LogP contribution is 2.45. The zero-order valence-electron chi connectivity index (χ0n) is 63.4. The average Bonchev–Trinajstić information content (AvgIpc) is 1.68. The van der Waals surface area contributed by atoms with Crippen LogP contribution in [0.15, 0.2) is 0 Å². The number of esters is 4. The van der Waals surface area contributed by atoms with Gasteiger partial charge >= 0.3 is 39.5 Å². The van der Waals surface area contributed by atoms with Crippen molar-refractivity contribution in [1.82, 2.24) is 0 Å². The number of aliphatic hydroxyl groups is 1. The number of phosphoric acid groups is 2. The number of carbonyl (C=O) groups is 4. The van der Waals surface area contributed by atoms with Gasteiger partial charge in [0.25, 0.3) is 0 Å². The van der Waals surface area contributed by atoms with Gasteiger partial charge in [0.05, 0.1) is 26.4 Å². The summed E-state index contributed by atoms with van der Waals surface area (Å²) in [6.45, 7) is 9.59. The van der Waals surface area contributed by atoms with Crippen molar-refractivity contribution in [3.8, 4) is 0 Å². The summed E-state index contributed by atoms with van der Waals surface area (Å²) in [4.78, 5) is 72.6. The minimum Gasteiger partial charge on any atom is -0.462 e. The fourth-order valence-electron chi connectivity index (χ4n) is 12.0. The molecule has 0 aromatic carbocycles.